The average molecular weight is 251 g/mol. The summed E-state index contributed by atoms with van der Waals surface area (Å²) >= 11 is 0. The van der Waals surface area contributed by atoms with Crippen molar-refractivity contribution in [2.75, 3.05) is 0 Å². The molecule has 0 aromatic heterocycles. The molecule has 2 rings (SSSR count). The monoisotopic (exact) mass is 251 g/mol. The third-order valence-electron chi connectivity index (χ3n) is 5.54. The third kappa shape index (κ3) is 3.10. The molecule has 1 heteroatoms. The molecule has 0 unspecified atom stereocenters. The molecule has 0 saturated heterocycles. The standard InChI is InChI=1S/C17H33N/c1-14(2)18(15(3)4)16-8-12-17(13-9-16)10-6-5-7-11-17/h14-16H,5-13H2,1-4H3. The highest BCUT2D eigenvalue weighted by Gasteiger charge is 2.38. The molecular weight excluding hydrogens is 218 g/mol. The van der Waals surface area contributed by atoms with Gasteiger partial charge < -0.3 is 0 Å². The minimum atomic E-state index is 0.704. The quantitative estimate of drug-likeness (QED) is 0.682. The van der Waals surface area contributed by atoms with E-state index in [1.165, 1.54) is 57.8 Å². The van der Waals surface area contributed by atoms with Crippen molar-refractivity contribution in [3.8, 4) is 0 Å². The molecule has 0 aromatic rings. The Kier molecular flexibility index (Phi) is 4.75. The highest BCUT2D eigenvalue weighted by molar-refractivity contribution is 4.92. The smallest absolute Gasteiger partial charge is 0.0101 e. The van der Waals surface area contributed by atoms with Gasteiger partial charge in [-0.3, -0.25) is 4.90 Å². The van der Waals surface area contributed by atoms with E-state index in [0.29, 0.717) is 12.1 Å². The van der Waals surface area contributed by atoms with Gasteiger partial charge in [-0.1, -0.05) is 19.3 Å². The summed E-state index contributed by atoms with van der Waals surface area (Å²) in [6.45, 7) is 9.46. The van der Waals surface area contributed by atoms with Gasteiger partial charge in [0.25, 0.3) is 0 Å². The van der Waals surface area contributed by atoms with Crippen LogP contribution in [0.15, 0.2) is 0 Å². The maximum absolute atomic E-state index is 2.76. The van der Waals surface area contributed by atoms with E-state index in [1.807, 2.05) is 0 Å². The van der Waals surface area contributed by atoms with Crippen LogP contribution in [0.5, 0.6) is 0 Å². The Balaban J connectivity index is 1.92. The molecule has 0 aromatic carbocycles. The Hall–Kier alpha value is -0.0400. The van der Waals surface area contributed by atoms with Crippen LogP contribution in [0, 0.1) is 5.41 Å². The molecule has 2 saturated carbocycles. The van der Waals surface area contributed by atoms with Gasteiger partial charge in [0.05, 0.1) is 0 Å². The first kappa shape index (κ1) is 14.4. The van der Waals surface area contributed by atoms with Gasteiger partial charge in [-0.2, -0.15) is 0 Å². The van der Waals surface area contributed by atoms with Crippen molar-refractivity contribution in [1.82, 2.24) is 4.90 Å². The van der Waals surface area contributed by atoms with E-state index in [2.05, 4.69) is 32.6 Å². The van der Waals surface area contributed by atoms with E-state index in [-0.39, 0.29) is 0 Å². The number of rotatable bonds is 3. The second-order valence-corrected chi connectivity index (χ2v) is 7.43. The van der Waals surface area contributed by atoms with Crippen LogP contribution in [-0.2, 0) is 0 Å². The molecule has 2 fully saturated rings. The first-order chi connectivity index (χ1) is 8.54. The van der Waals surface area contributed by atoms with Crippen LogP contribution in [0.2, 0.25) is 0 Å². The first-order valence-corrected chi connectivity index (χ1v) is 8.31. The fraction of sp³-hybridized carbons (Fsp3) is 1.00. The van der Waals surface area contributed by atoms with Crippen LogP contribution in [0.4, 0.5) is 0 Å². The lowest BCUT2D eigenvalue weighted by molar-refractivity contribution is 0.0300. The molecule has 2 aliphatic carbocycles. The van der Waals surface area contributed by atoms with Crippen molar-refractivity contribution in [1.29, 1.82) is 0 Å². The maximum atomic E-state index is 2.76. The van der Waals surface area contributed by atoms with Crippen molar-refractivity contribution in [3.05, 3.63) is 0 Å². The zero-order valence-corrected chi connectivity index (χ0v) is 13.0. The van der Waals surface area contributed by atoms with Crippen LogP contribution in [0.1, 0.15) is 85.5 Å². The fourth-order valence-corrected chi connectivity index (χ4v) is 4.75. The molecule has 0 atom stereocenters. The van der Waals surface area contributed by atoms with Gasteiger partial charge in [0, 0.05) is 18.1 Å². The Morgan fingerprint density at radius 3 is 1.72 bits per heavy atom. The molecule has 0 radical (unpaired) electrons. The van der Waals surface area contributed by atoms with Gasteiger partial charge in [0.2, 0.25) is 0 Å². The van der Waals surface area contributed by atoms with Gasteiger partial charge >= 0.3 is 0 Å². The lowest BCUT2D eigenvalue weighted by Crippen LogP contribution is -2.48. The van der Waals surface area contributed by atoms with E-state index in [0.717, 1.165) is 11.5 Å². The van der Waals surface area contributed by atoms with Gasteiger partial charge in [-0.05, 0) is 71.6 Å². The van der Waals surface area contributed by atoms with Crippen molar-refractivity contribution in [2.45, 2.75) is 104 Å². The largest absolute Gasteiger partial charge is 0.296 e. The molecule has 0 amide bonds. The lowest BCUT2D eigenvalue weighted by atomic mass is 9.64. The summed E-state index contributed by atoms with van der Waals surface area (Å²) in [6.07, 6.45) is 13.5. The summed E-state index contributed by atoms with van der Waals surface area (Å²) in [5, 5.41) is 0. The topological polar surface area (TPSA) is 3.24 Å². The van der Waals surface area contributed by atoms with Gasteiger partial charge in [-0.25, -0.2) is 0 Å². The Morgan fingerprint density at radius 2 is 1.28 bits per heavy atom. The van der Waals surface area contributed by atoms with Crippen LogP contribution >= 0.6 is 0 Å². The van der Waals surface area contributed by atoms with Gasteiger partial charge in [0.1, 0.15) is 0 Å². The van der Waals surface area contributed by atoms with Crippen LogP contribution in [0.25, 0.3) is 0 Å². The summed E-state index contributed by atoms with van der Waals surface area (Å²) < 4.78 is 0. The van der Waals surface area contributed by atoms with E-state index in [9.17, 15) is 0 Å². The highest BCUT2D eigenvalue weighted by atomic mass is 15.2. The zero-order chi connectivity index (χ0) is 13.2. The number of hydrogen-bond acceptors (Lipinski definition) is 1. The predicted molar refractivity (Wildman–Crippen MR) is 79.9 cm³/mol. The van der Waals surface area contributed by atoms with E-state index in [4.69, 9.17) is 0 Å². The molecule has 1 nitrogen and oxygen atoms in total. The molecule has 0 aliphatic heterocycles. The summed E-state index contributed by atoms with van der Waals surface area (Å²) in [5.74, 6) is 0. The molecule has 2 aliphatic rings. The Morgan fingerprint density at radius 1 is 0.778 bits per heavy atom. The summed E-state index contributed by atoms with van der Waals surface area (Å²) in [7, 11) is 0. The van der Waals surface area contributed by atoms with Gasteiger partial charge in [0.15, 0.2) is 0 Å². The molecular formula is C17H33N. The molecule has 1 spiro atoms. The second kappa shape index (κ2) is 5.94. The zero-order valence-electron chi connectivity index (χ0n) is 13.0. The fourth-order valence-electron chi connectivity index (χ4n) is 4.75. The third-order valence-corrected chi connectivity index (χ3v) is 5.54. The number of hydrogen-bond donors (Lipinski definition) is 0. The minimum absolute atomic E-state index is 0.704. The van der Waals surface area contributed by atoms with E-state index in [1.54, 1.807) is 0 Å². The average Bonchev–Trinajstić information content (AvgIpc) is 2.32. The summed E-state index contributed by atoms with van der Waals surface area (Å²) in [5.41, 5.74) is 0.772. The molecule has 0 N–H and O–H groups in total. The summed E-state index contributed by atoms with van der Waals surface area (Å²) in [6, 6.07) is 2.27. The lowest BCUT2D eigenvalue weighted by Gasteiger charge is -2.48. The van der Waals surface area contributed by atoms with E-state index < -0.39 is 0 Å². The molecule has 0 heterocycles. The summed E-state index contributed by atoms with van der Waals surface area (Å²) in [4.78, 5) is 2.76. The molecule has 0 bridgehead atoms. The Bertz CT molecular complexity index is 232. The van der Waals surface area contributed by atoms with Crippen molar-refractivity contribution in [3.63, 3.8) is 0 Å². The Labute approximate surface area is 114 Å². The highest BCUT2D eigenvalue weighted by Crippen LogP contribution is 2.48. The minimum Gasteiger partial charge on any atom is -0.296 e. The van der Waals surface area contributed by atoms with Crippen LogP contribution < -0.4 is 0 Å². The SMILES string of the molecule is CC(C)N(C(C)C)C1CCC2(CCCCC2)CC1. The normalized spacial score (nSPS) is 25.5. The number of nitrogens with zero attached hydrogens (tertiary/aromatic N) is 1. The molecule has 106 valence electrons. The maximum Gasteiger partial charge on any atom is 0.0101 e. The first-order valence-electron chi connectivity index (χ1n) is 8.31. The second-order valence-electron chi connectivity index (χ2n) is 7.43. The van der Waals surface area contributed by atoms with E-state index >= 15 is 0 Å². The molecule has 18 heavy (non-hydrogen) atoms. The van der Waals surface area contributed by atoms with Crippen molar-refractivity contribution < 1.29 is 0 Å². The van der Waals surface area contributed by atoms with Crippen LogP contribution in [-0.4, -0.2) is 23.0 Å². The van der Waals surface area contributed by atoms with Crippen molar-refractivity contribution >= 4 is 0 Å². The van der Waals surface area contributed by atoms with Crippen LogP contribution in [0.3, 0.4) is 0 Å². The van der Waals surface area contributed by atoms with Gasteiger partial charge in [-0.15, -0.1) is 0 Å². The van der Waals surface area contributed by atoms with Crippen molar-refractivity contribution in [2.24, 2.45) is 5.41 Å². The predicted octanol–water partition coefficient (Wildman–Crippen LogP) is 5.00.